The van der Waals surface area contributed by atoms with E-state index in [1.165, 1.54) is 0 Å². The highest BCUT2D eigenvalue weighted by atomic mass is 79.9. The van der Waals surface area contributed by atoms with Crippen molar-refractivity contribution in [3.05, 3.63) is 46.4 Å². The van der Waals surface area contributed by atoms with E-state index in [9.17, 15) is 4.79 Å². The highest BCUT2D eigenvalue weighted by Crippen LogP contribution is 2.25. The van der Waals surface area contributed by atoms with Crippen molar-refractivity contribution < 1.29 is 4.79 Å². The Morgan fingerprint density at radius 2 is 1.90 bits per heavy atom. The molecule has 3 nitrogen and oxygen atoms in total. The molecule has 0 aromatic heterocycles. The minimum absolute atomic E-state index is 0.146. The lowest BCUT2D eigenvalue weighted by atomic mass is 10.1. The van der Waals surface area contributed by atoms with Crippen LogP contribution < -0.4 is 0 Å². The van der Waals surface area contributed by atoms with Crippen molar-refractivity contribution in [3.63, 3.8) is 0 Å². The molecule has 0 radical (unpaired) electrons. The summed E-state index contributed by atoms with van der Waals surface area (Å²) in [6.45, 7) is 6.82. The number of benzene rings is 2. The number of rotatable bonds is 2. The second-order valence-corrected chi connectivity index (χ2v) is 6.26. The van der Waals surface area contributed by atoms with Crippen LogP contribution in [0.2, 0.25) is 0 Å². The van der Waals surface area contributed by atoms with Crippen LogP contribution in [0.3, 0.4) is 0 Å². The molecule has 1 heterocycles. The number of piperazine rings is 1. The zero-order valence-corrected chi connectivity index (χ0v) is 13.8. The molecule has 0 atom stereocenters. The largest absolute Gasteiger partial charge is 0.336 e. The van der Waals surface area contributed by atoms with Gasteiger partial charge in [-0.2, -0.15) is 0 Å². The Hall–Kier alpha value is -1.39. The Morgan fingerprint density at radius 1 is 1.14 bits per heavy atom. The summed E-state index contributed by atoms with van der Waals surface area (Å²) < 4.78 is 1.07. The minimum Gasteiger partial charge on any atom is -0.336 e. The number of likely N-dealkylation sites (N-methyl/N-ethyl adjacent to an activating group) is 1. The van der Waals surface area contributed by atoms with Gasteiger partial charge in [0.25, 0.3) is 5.91 Å². The minimum atomic E-state index is 0.146. The molecule has 0 aliphatic carbocycles. The van der Waals surface area contributed by atoms with Crippen molar-refractivity contribution in [2.45, 2.75) is 6.92 Å². The molecule has 1 saturated heterocycles. The zero-order valence-electron chi connectivity index (χ0n) is 12.2. The number of carbonyl (C=O) groups is 1. The summed E-state index contributed by atoms with van der Waals surface area (Å²) in [4.78, 5) is 17.0. The van der Waals surface area contributed by atoms with Gasteiger partial charge in [0.05, 0.1) is 0 Å². The van der Waals surface area contributed by atoms with Gasteiger partial charge in [-0.25, -0.2) is 0 Å². The quantitative estimate of drug-likeness (QED) is 0.832. The lowest BCUT2D eigenvalue weighted by Gasteiger charge is -2.34. The van der Waals surface area contributed by atoms with Crippen LogP contribution in [0, 0.1) is 0 Å². The van der Waals surface area contributed by atoms with E-state index in [4.69, 9.17) is 0 Å². The van der Waals surface area contributed by atoms with Crippen LogP contribution in [0.4, 0.5) is 0 Å². The Morgan fingerprint density at radius 3 is 2.62 bits per heavy atom. The second-order valence-electron chi connectivity index (χ2n) is 5.40. The van der Waals surface area contributed by atoms with E-state index in [0.29, 0.717) is 0 Å². The van der Waals surface area contributed by atoms with Crippen LogP contribution in [-0.4, -0.2) is 48.4 Å². The summed E-state index contributed by atoms with van der Waals surface area (Å²) in [5.41, 5.74) is 0.783. The van der Waals surface area contributed by atoms with E-state index in [-0.39, 0.29) is 5.91 Å². The number of nitrogens with zero attached hydrogens (tertiary/aromatic N) is 2. The van der Waals surface area contributed by atoms with Crippen molar-refractivity contribution in [3.8, 4) is 0 Å². The van der Waals surface area contributed by atoms with Gasteiger partial charge in [0.2, 0.25) is 0 Å². The van der Waals surface area contributed by atoms with Crippen molar-refractivity contribution in [1.82, 2.24) is 9.80 Å². The summed E-state index contributed by atoms with van der Waals surface area (Å²) >= 11 is 3.55. The fourth-order valence-corrected chi connectivity index (χ4v) is 3.34. The summed E-state index contributed by atoms with van der Waals surface area (Å²) in [6, 6.07) is 12.0. The van der Waals surface area contributed by atoms with Gasteiger partial charge in [0.15, 0.2) is 0 Å². The topological polar surface area (TPSA) is 23.6 Å². The molecule has 1 amide bonds. The first-order valence-corrected chi connectivity index (χ1v) is 8.18. The summed E-state index contributed by atoms with van der Waals surface area (Å²) in [5.74, 6) is 0.146. The monoisotopic (exact) mass is 346 g/mol. The third-order valence-electron chi connectivity index (χ3n) is 4.18. The van der Waals surface area contributed by atoms with Gasteiger partial charge in [-0.05, 0) is 35.5 Å². The Kier molecular flexibility index (Phi) is 4.27. The van der Waals surface area contributed by atoms with E-state index < -0.39 is 0 Å². The molecule has 0 saturated carbocycles. The zero-order chi connectivity index (χ0) is 14.8. The summed E-state index contributed by atoms with van der Waals surface area (Å²) in [6.07, 6.45) is 0. The molecule has 2 aromatic carbocycles. The fraction of sp³-hybridized carbons (Fsp3) is 0.353. The standard InChI is InChI=1S/C17H19BrN2O/c1-2-19-8-10-20(11-9-19)17(21)14-6-7-15-13(12-14)4-3-5-16(15)18/h3-7,12H,2,8-11H2,1H3. The van der Waals surface area contributed by atoms with E-state index in [1.807, 2.05) is 41.3 Å². The molecule has 0 bridgehead atoms. The molecule has 1 aliphatic rings. The number of fused-ring (bicyclic) bond motifs is 1. The van der Waals surface area contributed by atoms with Crippen LogP contribution >= 0.6 is 15.9 Å². The highest BCUT2D eigenvalue weighted by molar-refractivity contribution is 9.10. The third-order valence-corrected chi connectivity index (χ3v) is 4.87. The van der Waals surface area contributed by atoms with Crippen LogP contribution in [0.25, 0.3) is 10.8 Å². The molecule has 21 heavy (non-hydrogen) atoms. The molecule has 110 valence electrons. The third kappa shape index (κ3) is 2.97. The van der Waals surface area contributed by atoms with E-state index >= 15 is 0 Å². The first-order chi connectivity index (χ1) is 10.2. The molecule has 1 fully saturated rings. The average Bonchev–Trinajstić information content (AvgIpc) is 2.54. The first-order valence-electron chi connectivity index (χ1n) is 7.39. The maximum Gasteiger partial charge on any atom is 0.253 e. The van der Waals surface area contributed by atoms with Gasteiger partial charge < -0.3 is 9.80 Å². The molecule has 0 N–H and O–H groups in total. The van der Waals surface area contributed by atoms with Gasteiger partial charge in [-0.15, -0.1) is 0 Å². The fourth-order valence-electron chi connectivity index (χ4n) is 2.83. The molecule has 4 heteroatoms. The molecule has 0 unspecified atom stereocenters. The number of hydrogen-bond acceptors (Lipinski definition) is 2. The van der Waals surface area contributed by atoms with Gasteiger partial charge in [-0.1, -0.05) is 41.1 Å². The molecular weight excluding hydrogens is 328 g/mol. The van der Waals surface area contributed by atoms with Crippen molar-refractivity contribution in [1.29, 1.82) is 0 Å². The SMILES string of the molecule is CCN1CCN(C(=O)c2ccc3c(Br)cccc3c2)CC1. The second kappa shape index (κ2) is 6.16. The summed E-state index contributed by atoms with van der Waals surface area (Å²) in [5, 5.41) is 2.24. The Balaban J connectivity index is 1.82. The lowest BCUT2D eigenvalue weighted by molar-refractivity contribution is 0.0643. The van der Waals surface area contributed by atoms with Crippen molar-refractivity contribution in [2.75, 3.05) is 32.7 Å². The lowest BCUT2D eigenvalue weighted by Crippen LogP contribution is -2.48. The Bertz CT molecular complexity index is 663. The van der Waals surface area contributed by atoms with Gasteiger partial charge >= 0.3 is 0 Å². The molecule has 1 aliphatic heterocycles. The van der Waals surface area contributed by atoms with Gasteiger partial charge in [0, 0.05) is 36.2 Å². The molecule has 0 spiro atoms. The number of hydrogen-bond donors (Lipinski definition) is 0. The number of carbonyl (C=O) groups excluding carboxylic acids is 1. The predicted molar refractivity (Wildman–Crippen MR) is 89.7 cm³/mol. The van der Waals surface area contributed by atoms with Crippen LogP contribution in [0.5, 0.6) is 0 Å². The van der Waals surface area contributed by atoms with Gasteiger partial charge in [-0.3, -0.25) is 4.79 Å². The van der Waals surface area contributed by atoms with Crippen LogP contribution in [-0.2, 0) is 0 Å². The Labute approximate surface area is 133 Å². The molecular formula is C17H19BrN2O. The van der Waals surface area contributed by atoms with Crippen LogP contribution in [0.15, 0.2) is 40.9 Å². The van der Waals surface area contributed by atoms with E-state index in [0.717, 1.165) is 53.5 Å². The maximum atomic E-state index is 12.6. The smallest absolute Gasteiger partial charge is 0.253 e. The predicted octanol–water partition coefficient (Wildman–Crippen LogP) is 3.38. The number of amides is 1. The normalized spacial score (nSPS) is 16.4. The average molecular weight is 347 g/mol. The van der Waals surface area contributed by atoms with Gasteiger partial charge in [0.1, 0.15) is 0 Å². The van der Waals surface area contributed by atoms with E-state index in [1.54, 1.807) is 0 Å². The maximum absolute atomic E-state index is 12.6. The number of halogens is 1. The van der Waals surface area contributed by atoms with Crippen molar-refractivity contribution >= 4 is 32.6 Å². The highest BCUT2D eigenvalue weighted by Gasteiger charge is 2.21. The van der Waals surface area contributed by atoms with Crippen molar-refractivity contribution in [2.24, 2.45) is 0 Å². The summed E-state index contributed by atoms with van der Waals surface area (Å²) in [7, 11) is 0. The van der Waals surface area contributed by atoms with E-state index in [2.05, 4.69) is 27.8 Å². The molecule has 2 aromatic rings. The van der Waals surface area contributed by atoms with Crippen LogP contribution in [0.1, 0.15) is 17.3 Å². The molecule has 3 rings (SSSR count). The first kappa shape index (κ1) is 14.5.